The molecule has 2 aliphatic rings. The molecule has 0 radical (unpaired) electrons. The second kappa shape index (κ2) is 4.70. The van der Waals surface area contributed by atoms with Crippen LogP contribution < -0.4 is 10.5 Å². The predicted octanol–water partition coefficient (Wildman–Crippen LogP) is 0.576. The topological polar surface area (TPSA) is 47.4 Å². The molecule has 1 fully saturated rings. The van der Waals surface area contributed by atoms with Crippen molar-refractivity contribution < 1.29 is 4.74 Å². The molecule has 3 heterocycles. The molecule has 0 N–H and O–H groups in total. The minimum atomic E-state index is 0.0729. The summed E-state index contributed by atoms with van der Waals surface area (Å²) in [5.74, 6) is 1.86. The molecular formula is C11H15N3O2S. The van der Waals surface area contributed by atoms with E-state index in [0.717, 1.165) is 42.8 Å². The largest absolute Gasteiger partial charge is 0.378 e. The lowest BCUT2D eigenvalue weighted by Crippen LogP contribution is -2.38. The van der Waals surface area contributed by atoms with Gasteiger partial charge in [0.25, 0.3) is 5.56 Å². The molecule has 0 aliphatic carbocycles. The second-order valence-corrected chi connectivity index (χ2v) is 5.25. The summed E-state index contributed by atoms with van der Waals surface area (Å²) in [6.45, 7) is 3.87. The molecule has 17 heavy (non-hydrogen) atoms. The van der Waals surface area contributed by atoms with E-state index in [9.17, 15) is 4.79 Å². The summed E-state index contributed by atoms with van der Waals surface area (Å²) in [5.41, 5.74) is 0.0729. The van der Waals surface area contributed by atoms with Crippen LogP contribution >= 0.6 is 11.8 Å². The van der Waals surface area contributed by atoms with Gasteiger partial charge in [0.1, 0.15) is 5.82 Å². The molecule has 3 rings (SSSR count). The maximum absolute atomic E-state index is 12.0. The minimum absolute atomic E-state index is 0.0729. The van der Waals surface area contributed by atoms with E-state index in [-0.39, 0.29) is 5.56 Å². The minimum Gasteiger partial charge on any atom is -0.378 e. The highest BCUT2D eigenvalue weighted by Crippen LogP contribution is 2.23. The predicted molar refractivity (Wildman–Crippen MR) is 66.9 cm³/mol. The molecule has 0 atom stereocenters. The highest BCUT2D eigenvalue weighted by atomic mass is 32.2. The fraction of sp³-hybridized carbons (Fsp3) is 0.636. The van der Waals surface area contributed by atoms with E-state index < -0.39 is 0 Å². The summed E-state index contributed by atoms with van der Waals surface area (Å²) in [5, 5.41) is 0.866. The van der Waals surface area contributed by atoms with Crippen molar-refractivity contribution in [2.24, 2.45) is 0 Å². The van der Waals surface area contributed by atoms with Gasteiger partial charge >= 0.3 is 0 Å². The second-order valence-electron chi connectivity index (χ2n) is 4.19. The van der Waals surface area contributed by atoms with Gasteiger partial charge in [0.2, 0.25) is 0 Å². The van der Waals surface area contributed by atoms with Gasteiger partial charge in [-0.3, -0.25) is 9.36 Å². The first-order chi connectivity index (χ1) is 8.34. The fourth-order valence-corrected chi connectivity index (χ4v) is 3.08. The first kappa shape index (κ1) is 11.1. The van der Waals surface area contributed by atoms with E-state index >= 15 is 0 Å². The number of fused-ring (bicyclic) bond motifs is 1. The van der Waals surface area contributed by atoms with Gasteiger partial charge in [-0.1, -0.05) is 11.8 Å². The number of anilines is 1. The van der Waals surface area contributed by atoms with Crippen molar-refractivity contribution in [1.82, 2.24) is 9.55 Å². The van der Waals surface area contributed by atoms with Crippen LogP contribution in [0.25, 0.3) is 0 Å². The van der Waals surface area contributed by atoms with E-state index in [4.69, 9.17) is 4.74 Å². The van der Waals surface area contributed by atoms with E-state index in [1.165, 1.54) is 0 Å². The number of morpholine rings is 1. The lowest BCUT2D eigenvalue weighted by atomic mass is 10.4. The lowest BCUT2D eigenvalue weighted by molar-refractivity contribution is 0.122. The standard InChI is InChI=1S/C11H15N3O2S/c15-10-8-9(13-3-5-16-6-4-13)12-11-14(10)2-1-7-17-11/h8H,1-7H2. The van der Waals surface area contributed by atoms with Crippen LogP contribution in [0.4, 0.5) is 5.82 Å². The summed E-state index contributed by atoms with van der Waals surface area (Å²) < 4.78 is 7.08. The van der Waals surface area contributed by atoms with Crippen molar-refractivity contribution in [1.29, 1.82) is 0 Å². The van der Waals surface area contributed by atoms with E-state index in [2.05, 4.69) is 9.88 Å². The Kier molecular flexibility index (Phi) is 3.07. The van der Waals surface area contributed by atoms with E-state index in [1.54, 1.807) is 22.4 Å². The van der Waals surface area contributed by atoms with Gasteiger partial charge in [-0.25, -0.2) is 4.98 Å². The van der Waals surface area contributed by atoms with E-state index in [0.29, 0.717) is 13.2 Å². The van der Waals surface area contributed by atoms with Crippen molar-refractivity contribution >= 4 is 17.6 Å². The van der Waals surface area contributed by atoms with Crippen molar-refractivity contribution in [3.05, 3.63) is 16.4 Å². The number of nitrogens with zero attached hydrogens (tertiary/aromatic N) is 3. The first-order valence-corrected chi connectivity index (χ1v) is 6.90. The molecule has 0 saturated carbocycles. The zero-order valence-electron chi connectivity index (χ0n) is 9.59. The monoisotopic (exact) mass is 253 g/mol. The molecule has 0 bridgehead atoms. The smallest absolute Gasteiger partial charge is 0.256 e. The molecule has 1 saturated heterocycles. The van der Waals surface area contributed by atoms with E-state index in [1.807, 2.05) is 0 Å². The molecule has 1 aromatic rings. The van der Waals surface area contributed by atoms with Crippen LogP contribution in [-0.2, 0) is 11.3 Å². The molecule has 0 spiro atoms. The number of hydrogen-bond donors (Lipinski definition) is 0. The molecule has 6 heteroatoms. The van der Waals surface area contributed by atoms with Crippen molar-refractivity contribution in [3.63, 3.8) is 0 Å². The number of thioether (sulfide) groups is 1. The molecule has 2 aliphatic heterocycles. The average molecular weight is 253 g/mol. The first-order valence-electron chi connectivity index (χ1n) is 5.92. The Balaban J connectivity index is 1.95. The zero-order valence-corrected chi connectivity index (χ0v) is 10.4. The molecule has 5 nitrogen and oxygen atoms in total. The maximum Gasteiger partial charge on any atom is 0.256 e. The van der Waals surface area contributed by atoms with Gasteiger partial charge in [0, 0.05) is 31.5 Å². The van der Waals surface area contributed by atoms with Gasteiger partial charge in [-0.05, 0) is 6.42 Å². The van der Waals surface area contributed by atoms with Crippen LogP contribution in [0.15, 0.2) is 16.0 Å². The molecule has 92 valence electrons. The highest BCUT2D eigenvalue weighted by molar-refractivity contribution is 7.99. The summed E-state index contributed by atoms with van der Waals surface area (Å²) in [6.07, 6.45) is 1.05. The van der Waals surface area contributed by atoms with Crippen molar-refractivity contribution in [3.8, 4) is 0 Å². The molecule has 0 aromatic carbocycles. The van der Waals surface area contributed by atoms with Gasteiger partial charge in [0.05, 0.1) is 13.2 Å². The molecule has 0 unspecified atom stereocenters. The summed E-state index contributed by atoms with van der Waals surface area (Å²) in [4.78, 5) is 18.7. The highest BCUT2D eigenvalue weighted by Gasteiger charge is 2.18. The van der Waals surface area contributed by atoms with Crippen LogP contribution in [0.2, 0.25) is 0 Å². The van der Waals surface area contributed by atoms with Crippen molar-refractivity contribution in [2.45, 2.75) is 18.1 Å². The summed E-state index contributed by atoms with van der Waals surface area (Å²) >= 11 is 1.67. The summed E-state index contributed by atoms with van der Waals surface area (Å²) in [6, 6.07) is 1.65. The van der Waals surface area contributed by atoms with Crippen LogP contribution in [0.1, 0.15) is 6.42 Å². The van der Waals surface area contributed by atoms with Crippen LogP contribution in [-0.4, -0.2) is 41.6 Å². The van der Waals surface area contributed by atoms with Gasteiger partial charge in [-0.2, -0.15) is 0 Å². The Hall–Kier alpha value is -1.01. The van der Waals surface area contributed by atoms with Gasteiger partial charge in [0.15, 0.2) is 5.16 Å². The SMILES string of the molecule is O=c1cc(N2CCOCC2)nc2n1CCCS2. The fourth-order valence-electron chi connectivity index (χ4n) is 2.13. The third kappa shape index (κ3) is 2.19. The third-order valence-electron chi connectivity index (χ3n) is 3.05. The third-order valence-corrected chi connectivity index (χ3v) is 4.11. The Morgan fingerprint density at radius 3 is 2.94 bits per heavy atom. The van der Waals surface area contributed by atoms with Crippen LogP contribution in [0.5, 0.6) is 0 Å². The zero-order chi connectivity index (χ0) is 11.7. The Morgan fingerprint density at radius 2 is 2.12 bits per heavy atom. The Labute approximate surface area is 104 Å². The van der Waals surface area contributed by atoms with Crippen LogP contribution in [0, 0.1) is 0 Å². The van der Waals surface area contributed by atoms with Gasteiger partial charge < -0.3 is 9.64 Å². The number of rotatable bonds is 1. The quantitative estimate of drug-likeness (QED) is 0.685. The molecular weight excluding hydrogens is 238 g/mol. The summed E-state index contributed by atoms with van der Waals surface area (Å²) in [7, 11) is 0. The Bertz CT molecular complexity index is 468. The van der Waals surface area contributed by atoms with Gasteiger partial charge in [-0.15, -0.1) is 0 Å². The lowest BCUT2D eigenvalue weighted by Gasteiger charge is -2.28. The number of ether oxygens (including phenoxy) is 1. The average Bonchev–Trinajstić information content (AvgIpc) is 2.40. The van der Waals surface area contributed by atoms with Crippen LogP contribution in [0.3, 0.4) is 0 Å². The molecule has 0 amide bonds. The normalized spacial score (nSPS) is 20.1. The number of hydrogen-bond acceptors (Lipinski definition) is 5. The molecule has 1 aromatic heterocycles. The maximum atomic E-state index is 12.0. The Morgan fingerprint density at radius 1 is 1.29 bits per heavy atom. The number of aromatic nitrogens is 2. The van der Waals surface area contributed by atoms with Crippen molar-refractivity contribution in [2.75, 3.05) is 37.0 Å².